The number of hydrogen-bond acceptors (Lipinski definition) is 6. The second-order valence-electron chi connectivity index (χ2n) is 5.98. The predicted molar refractivity (Wildman–Crippen MR) is 102 cm³/mol. The molecule has 1 atom stereocenters. The number of benzene rings is 2. The molecule has 0 aliphatic carbocycles. The average Bonchev–Trinajstić information content (AvgIpc) is 3.34. The first-order valence-electron chi connectivity index (χ1n) is 8.46. The zero-order chi connectivity index (χ0) is 17.8. The Hall–Kier alpha value is -2.41. The number of fused-ring (bicyclic) bond motifs is 1. The van der Waals surface area contributed by atoms with Gasteiger partial charge in [0.05, 0.1) is 11.8 Å². The van der Waals surface area contributed by atoms with Crippen LogP contribution in [-0.2, 0) is 11.3 Å². The molecular weight excluding hydrogens is 348 g/mol. The molecule has 0 fully saturated rings. The first-order valence-corrected chi connectivity index (χ1v) is 9.34. The molecule has 6 heteroatoms. The Morgan fingerprint density at radius 2 is 2.00 bits per heavy atom. The van der Waals surface area contributed by atoms with E-state index in [1.54, 1.807) is 18.4 Å². The van der Waals surface area contributed by atoms with Crippen LogP contribution >= 0.6 is 11.3 Å². The van der Waals surface area contributed by atoms with E-state index in [0.717, 1.165) is 34.3 Å². The number of nitrogens with zero attached hydrogens (tertiary/aromatic N) is 1. The maximum Gasteiger partial charge on any atom is 0.231 e. The number of thiazole rings is 1. The molecule has 1 unspecified atom stereocenters. The molecule has 134 valence electrons. The number of ether oxygens (including phenoxy) is 3. The lowest BCUT2D eigenvalue weighted by Crippen LogP contribution is -2.22. The second kappa shape index (κ2) is 7.86. The third-order valence-corrected chi connectivity index (χ3v) is 5.20. The van der Waals surface area contributed by atoms with E-state index >= 15 is 0 Å². The quantitative estimate of drug-likeness (QED) is 0.683. The van der Waals surface area contributed by atoms with Crippen LogP contribution in [0.25, 0.3) is 10.6 Å². The van der Waals surface area contributed by atoms with Crippen molar-refractivity contribution in [2.75, 3.05) is 20.4 Å². The minimum atomic E-state index is 0.0307. The van der Waals surface area contributed by atoms with Crippen molar-refractivity contribution in [3.8, 4) is 22.1 Å². The van der Waals surface area contributed by atoms with Crippen LogP contribution in [0.5, 0.6) is 11.5 Å². The Kier molecular flexibility index (Phi) is 5.15. The van der Waals surface area contributed by atoms with Gasteiger partial charge in [0.15, 0.2) is 11.5 Å². The summed E-state index contributed by atoms with van der Waals surface area (Å²) < 4.78 is 16.4. The van der Waals surface area contributed by atoms with Gasteiger partial charge in [0.1, 0.15) is 5.01 Å². The molecule has 1 N–H and O–H groups in total. The van der Waals surface area contributed by atoms with Crippen molar-refractivity contribution in [2.45, 2.75) is 12.6 Å². The van der Waals surface area contributed by atoms with E-state index in [1.165, 1.54) is 5.56 Å². The minimum Gasteiger partial charge on any atom is -0.454 e. The van der Waals surface area contributed by atoms with Crippen LogP contribution in [0, 0.1) is 0 Å². The number of rotatable bonds is 7. The molecule has 5 nitrogen and oxygen atoms in total. The van der Waals surface area contributed by atoms with E-state index in [0.29, 0.717) is 6.54 Å². The summed E-state index contributed by atoms with van der Waals surface area (Å²) in [5.74, 6) is 1.57. The summed E-state index contributed by atoms with van der Waals surface area (Å²) in [5, 5.41) is 6.49. The predicted octanol–water partition coefficient (Wildman–Crippen LogP) is 4.02. The smallest absolute Gasteiger partial charge is 0.231 e. The van der Waals surface area contributed by atoms with Crippen LogP contribution in [0.3, 0.4) is 0 Å². The largest absolute Gasteiger partial charge is 0.454 e. The van der Waals surface area contributed by atoms with Crippen molar-refractivity contribution < 1.29 is 14.2 Å². The molecule has 2 heterocycles. The Balaban J connectivity index is 1.36. The SMILES string of the molecule is COC(CNCc1csc(-c2ccc3c(c2)OCO3)n1)c1ccccc1. The van der Waals surface area contributed by atoms with E-state index in [9.17, 15) is 0 Å². The number of aromatic nitrogens is 1. The van der Waals surface area contributed by atoms with Gasteiger partial charge in [-0.15, -0.1) is 11.3 Å². The Morgan fingerprint density at radius 3 is 2.85 bits per heavy atom. The normalized spacial score (nSPS) is 13.7. The highest BCUT2D eigenvalue weighted by molar-refractivity contribution is 7.13. The fraction of sp³-hybridized carbons (Fsp3) is 0.250. The van der Waals surface area contributed by atoms with Gasteiger partial charge >= 0.3 is 0 Å². The number of nitrogens with one attached hydrogen (secondary N) is 1. The van der Waals surface area contributed by atoms with Gasteiger partial charge in [-0.25, -0.2) is 4.98 Å². The van der Waals surface area contributed by atoms with Gasteiger partial charge in [-0.3, -0.25) is 0 Å². The summed E-state index contributed by atoms with van der Waals surface area (Å²) in [6.07, 6.45) is 0.0307. The molecule has 2 aromatic carbocycles. The Bertz CT molecular complexity index is 867. The standard InChI is InChI=1S/C20H20N2O3S/c1-23-19(14-5-3-2-4-6-14)11-21-10-16-12-26-20(22-16)15-7-8-17-18(9-15)25-13-24-17/h2-9,12,19,21H,10-11,13H2,1H3. The molecule has 0 spiro atoms. The van der Waals surface area contributed by atoms with Crippen LogP contribution in [-0.4, -0.2) is 25.4 Å². The molecule has 1 aromatic heterocycles. The first-order chi connectivity index (χ1) is 12.8. The van der Waals surface area contributed by atoms with E-state index in [2.05, 4.69) is 22.8 Å². The topological polar surface area (TPSA) is 52.6 Å². The van der Waals surface area contributed by atoms with Gasteiger partial charge in [-0.05, 0) is 23.8 Å². The van der Waals surface area contributed by atoms with Gasteiger partial charge in [0, 0.05) is 31.1 Å². The molecular formula is C20H20N2O3S. The Morgan fingerprint density at radius 1 is 1.15 bits per heavy atom. The molecule has 0 amide bonds. The summed E-state index contributed by atoms with van der Waals surface area (Å²) in [6, 6.07) is 16.1. The van der Waals surface area contributed by atoms with Gasteiger partial charge < -0.3 is 19.5 Å². The molecule has 0 bridgehead atoms. The van der Waals surface area contributed by atoms with Crippen LogP contribution < -0.4 is 14.8 Å². The van der Waals surface area contributed by atoms with Gasteiger partial charge in [0.2, 0.25) is 6.79 Å². The maximum atomic E-state index is 5.59. The average molecular weight is 368 g/mol. The van der Waals surface area contributed by atoms with Crippen molar-refractivity contribution in [3.63, 3.8) is 0 Å². The molecule has 4 rings (SSSR count). The van der Waals surface area contributed by atoms with Crippen LogP contribution in [0.15, 0.2) is 53.9 Å². The van der Waals surface area contributed by atoms with Gasteiger partial charge in [0.25, 0.3) is 0 Å². The fourth-order valence-electron chi connectivity index (χ4n) is 2.89. The van der Waals surface area contributed by atoms with Crippen molar-refractivity contribution in [3.05, 3.63) is 65.2 Å². The molecule has 0 saturated carbocycles. The van der Waals surface area contributed by atoms with Crippen LogP contribution in [0.2, 0.25) is 0 Å². The maximum absolute atomic E-state index is 5.59. The zero-order valence-corrected chi connectivity index (χ0v) is 15.3. The van der Waals surface area contributed by atoms with E-state index in [4.69, 9.17) is 19.2 Å². The lowest BCUT2D eigenvalue weighted by Gasteiger charge is -2.16. The van der Waals surface area contributed by atoms with Crippen molar-refractivity contribution in [1.29, 1.82) is 0 Å². The summed E-state index contributed by atoms with van der Waals surface area (Å²) in [4.78, 5) is 4.72. The highest BCUT2D eigenvalue weighted by Gasteiger charge is 2.15. The highest BCUT2D eigenvalue weighted by Crippen LogP contribution is 2.36. The summed E-state index contributed by atoms with van der Waals surface area (Å²) in [7, 11) is 1.74. The molecule has 1 aliphatic rings. The van der Waals surface area contributed by atoms with E-state index in [-0.39, 0.29) is 12.9 Å². The monoisotopic (exact) mass is 368 g/mol. The van der Waals surface area contributed by atoms with E-state index < -0.39 is 0 Å². The van der Waals surface area contributed by atoms with Crippen molar-refractivity contribution >= 4 is 11.3 Å². The van der Waals surface area contributed by atoms with Crippen molar-refractivity contribution in [2.24, 2.45) is 0 Å². The molecule has 1 aliphatic heterocycles. The zero-order valence-electron chi connectivity index (χ0n) is 14.5. The third kappa shape index (κ3) is 3.72. The lowest BCUT2D eigenvalue weighted by atomic mass is 10.1. The summed E-state index contributed by atoms with van der Waals surface area (Å²) in [6.45, 7) is 1.72. The van der Waals surface area contributed by atoms with Crippen molar-refractivity contribution in [1.82, 2.24) is 10.3 Å². The van der Waals surface area contributed by atoms with Gasteiger partial charge in [-0.2, -0.15) is 0 Å². The van der Waals surface area contributed by atoms with Crippen LogP contribution in [0.4, 0.5) is 0 Å². The molecule has 3 aromatic rings. The molecule has 26 heavy (non-hydrogen) atoms. The fourth-order valence-corrected chi connectivity index (χ4v) is 3.70. The van der Waals surface area contributed by atoms with Gasteiger partial charge in [-0.1, -0.05) is 30.3 Å². The number of hydrogen-bond donors (Lipinski definition) is 1. The third-order valence-electron chi connectivity index (χ3n) is 4.26. The van der Waals surface area contributed by atoms with E-state index in [1.807, 2.05) is 36.4 Å². The lowest BCUT2D eigenvalue weighted by molar-refractivity contribution is 0.102. The second-order valence-corrected chi connectivity index (χ2v) is 6.84. The Labute approximate surface area is 156 Å². The molecule has 0 radical (unpaired) electrons. The highest BCUT2D eigenvalue weighted by atomic mass is 32.1. The summed E-state index contributed by atoms with van der Waals surface area (Å²) >= 11 is 1.63. The molecule has 0 saturated heterocycles. The minimum absolute atomic E-state index is 0.0307. The first kappa shape index (κ1) is 17.0. The number of methoxy groups -OCH3 is 1. The summed E-state index contributed by atoms with van der Waals surface area (Å²) in [5.41, 5.74) is 3.23. The van der Waals surface area contributed by atoms with Crippen LogP contribution in [0.1, 0.15) is 17.4 Å².